The van der Waals surface area contributed by atoms with E-state index in [9.17, 15) is 14.7 Å². The van der Waals surface area contributed by atoms with Gasteiger partial charge in [0.2, 0.25) is 0 Å². The van der Waals surface area contributed by atoms with E-state index in [0.717, 1.165) is 11.3 Å². The predicted molar refractivity (Wildman–Crippen MR) is 155 cm³/mol. The number of hydrogen-bond donors (Lipinski definition) is 1. The SMILES string of the molecule is COc1cc(/C(O)=C2\C(=O)C(=O)N(c3ccc(C(C)(C)C)cc3)C2c2ccc(N(C)C)cc2)c(OC)cc1Cl. The van der Waals surface area contributed by atoms with Crippen LogP contribution in [0.5, 0.6) is 11.5 Å². The first-order valence-corrected chi connectivity index (χ1v) is 12.9. The van der Waals surface area contributed by atoms with E-state index < -0.39 is 17.7 Å². The molecule has 0 bridgehead atoms. The van der Waals surface area contributed by atoms with Gasteiger partial charge < -0.3 is 19.5 Å². The highest BCUT2D eigenvalue weighted by molar-refractivity contribution is 6.51. The lowest BCUT2D eigenvalue weighted by molar-refractivity contribution is -0.132. The third kappa shape index (κ3) is 5.19. The molecular formula is C31H33ClN2O5. The third-order valence-corrected chi connectivity index (χ3v) is 7.21. The van der Waals surface area contributed by atoms with Crippen molar-refractivity contribution in [2.45, 2.75) is 32.2 Å². The van der Waals surface area contributed by atoms with Gasteiger partial charge in [0.05, 0.1) is 36.4 Å². The molecular weight excluding hydrogens is 516 g/mol. The zero-order valence-electron chi connectivity index (χ0n) is 23.2. The van der Waals surface area contributed by atoms with Crippen molar-refractivity contribution in [3.05, 3.63) is 87.9 Å². The highest BCUT2D eigenvalue weighted by Crippen LogP contribution is 2.45. The van der Waals surface area contributed by atoms with Gasteiger partial charge in [0, 0.05) is 31.5 Å². The molecule has 1 heterocycles. The standard InChI is InChI=1S/C31H33ClN2O5/c1-31(2,3)19-10-14-21(15-11-19)34-27(18-8-12-20(13-9-18)33(4)5)26(29(36)30(34)37)28(35)22-16-25(39-7)23(32)17-24(22)38-6/h8-17,27,35H,1-7H3/b28-26+. The molecule has 0 radical (unpaired) electrons. The topological polar surface area (TPSA) is 79.3 Å². The average Bonchev–Trinajstić information content (AvgIpc) is 3.17. The van der Waals surface area contributed by atoms with E-state index in [1.165, 1.54) is 31.3 Å². The molecule has 1 saturated heterocycles. The van der Waals surface area contributed by atoms with Crippen molar-refractivity contribution < 1.29 is 24.2 Å². The minimum atomic E-state index is -0.881. The summed E-state index contributed by atoms with van der Waals surface area (Å²) in [5.74, 6) is -1.39. The summed E-state index contributed by atoms with van der Waals surface area (Å²) >= 11 is 6.27. The maximum Gasteiger partial charge on any atom is 0.300 e. The molecule has 39 heavy (non-hydrogen) atoms. The molecule has 204 valence electrons. The van der Waals surface area contributed by atoms with Gasteiger partial charge in [0.15, 0.2) is 0 Å². The molecule has 1 aliphatic heterocycles. The van der Waals surface area contributed by atoms with E-state index in [4.69, 9.17) is 21.1 Å². The fraction of sp³-hybridized carbons (Fsp3) is 0.290. The van der Waals surface area contributed by atoms with Gasteiger partial charge in [-0.2, -0.15) is 0 Å². The Labute approximate surface area is 234 Å². The van der Waals surface area contributed by atoms with Crippen LogP contribution in [0.1, 0.15) is 43.5 Å². The van der Waals surface area contributed by atoms with E-state index >= 15 is 0 Å². The van der Waals surface area contributed by atoms with E-state index in [-0.39, 0.29) is 38.8 Å². The van der Waals surface area contributed by atoms with Crippen LogP contribution in [0.15, 0.2) is 66.2 Å². The maximum atomic E-state index is 13.6. The van der Waals surface area contributed by atoms with Gasteiger partial charge in [-0.25, -0.2) is 0 Å². The van der Waals surface area contributed by atoms with Crippen LogP contribution >= 0.6 is 11.6 Å². The summed E-state index contributed by atoms with van der Waals surface area (Å²) in [5.41, 5.74) is 3.31. The molecule has 0 saturated carbocycles. The molecule has 1 atom stereocenters. The summed E-state index contributed by atoms with van der Waals surface area (Å²) in [6, 6.07) is 17.2. The van der Waals surface area contributed by atoms with E-state index in [0.29, 0.717) is 11.3 Å². The number of Topliss-reactive ketones (excluding diaryl/α,β-unsaturated/α-hetero) is 1. The molecule has 0 aromatic heterocycles. The summed E-state index contributed by atoms with van der Waals surface area (Å²) in [6.07, 6.45) is 0. The fourth-order valence-electron chi connectivity index (χ4n) is 4.68. The zero-order chi connectivity index (χ0) is 28.6. The van der Waals surface area contributed by atoms with Crippen molar-refractivity contribution in [1.29, 1.82) is 0 Å². The van der Waals surface area contributed by atoms with Crippen LogP contribution in [-0.2, 0) is 15.0 Å². The van der Waals surface area contributed by atoms with Crippen molar-refractivity contribution in [2.24, 2.45) is 0 Å². The summed E-state index contributed by atoms with van der Waals surface area (Å²) in [6.45, 7) is 6.32. The molecule has 1 fully saturated rings. The Balaban J connectivity index is 1.96. The van der Waals surface area contributed by atoms with Gasteiger partial charge in [-0.3, -0.25) is 14.5 Å². The quantitative estimate of drug-likeness (QED) is 0.220. The molecule has 7 nitrogen and oxygen atoms in total. The van der Waals surface area contributed by atoms with Gasteiger partial charge >= 0.3 is 0 Å². The minimum Gasteiger partial charge on any atom is -0.507 e. The number of anilines is 2. The smallest absolute Gasteiger partial charge is 0.300 e. The Morgan fingerprint density at radius 2 is 1.51 bits per heavy atom. The Hall–Kier alpha value is -3.97. The largest absolute Gasteiger partial charge is 0.507 e. The lowest BCUT2D eigenvalue weighted by Crippen LogP contribution is -2.29. The molecule has 3 aromatic rings. The number of ether oxygens (including phenoxy) is 2. The number of benzene rings is 3. The van der Waals surface area contributed by atoms with Crippen LogP contribution in [-0.4, -0.2) is 45.1 Å². The first kappa shape index (κ1) is 28.0. The number of halogens is 1. The second-order valence-corrected chi connectivity index (χ2v) is 11.0. The number of hydrogen-bond acceptors (Lipinski definition) is 6. The van der Waals surface area contributed by atoms with Gasteiger partial charge in [0.1, 0.15) is 17.3 Å². The number of carbonyl (C=O) groups excluding carboxylic acids is 2. The molecule has 1 unspecified atom stereocenters. The van der Waals surface area contributed by atoms with Crippen LogP contribution in [0.3, 0.4) is 0 Å². The van der Waals surface area contributed by atoms with Gasteiger partial charge in [-0.15, -0.1) is 0 Å². The second-order valence-electron chi connectivity index (χ2n) is 10.6. The van der Waals surface area contributed by atoms with Crippen LogP contribution in [0.25, 0.3) is 5.76 Å². The van der Waals surface area contributed by atoms with E-state index in [1.807, 2.05) is 67.5 Å². The Morgan fingerprint density at radius 3 is 2.03 bits per heavy atom. The van der Waals surface area contributed by atoms with Gasteiger partial charge in [-0.05, 0) is 46.9 Å². The first-order chi connectivity index (χ1) is 18.4. The van der Waals surface area contributed by atoms with Crippen LogP contribution in [0.2, 0.25) is 5.02 Å². The fourth-order valence-corrected chi connectivity index (χ4v) is 4.91. The molecule has 1 amide bonds. The number of aliphatic hydroxyl groups is 1. The number of amides is 1. The minimum absolute atomic E-state index is 0.0554. The number of ketones is 1. The number of methoxy groups -OCH3 is 2. The van der Waals surface area contributed by atoms with Crippen molar-refractivity contribution >= 4 is 40.4 Å². The normalized spacial score (nSPS) is 16.9. The van der Waals surface area contributed by atoms with E-state index in [1.54, 1.807) is 0 Å². The molecule has 3 aromatic carbocycles. The molecule has 0 spiro atoms. The summed E-state index contributed by atoms with van der Waals surface area (Å²) in [5, 5.41) is 11.9. The summed E-state index contributed by atoms with van der Waals surface area (Å²) in [4.78, 5) is 30.6. The Bertz CT molecular complexity index is 1440. The monoisotopic (exact) mass is 548 g/mol. The van der Waals surface area contributed by atoms with Crippen molar-refractivity contribution in [2.75, 3.05) is 38.1 Å². The Morgan fingerprint density at radius 1 is 0.923 bits per heavy atom. The number of carbonyl (C=O) groups is 2. The lowest BCUT2D eigenvalue weighted by Gasteiger charge is -2.27. The predicted octanol–water partition coefficient (Wildman–Crippen LogP) is 6.35. The first-order valence-electron chi connectivity index (χ1n) is 12.5. The highest BCUT2D eigenvalue weighted by atomic mass is 35.5. The van der Waals surface area contributed by atoms with Crippen molar-refractivity contribution in [3.63, 3.8) is 0 Å². The highest BCUT2D eigenvalue weighted by Gasteiger charge is 2.47. The van der Waals surface area contributed by atoms with E-state index in [2.05, 4.69) is 20.8 Å². The van der Waals surface area contributed by atoms with Gasteiger partial charge in [-0.1, -0.05) is 56.6 Å². The van der Waals surface area contributed by atoms with Crippen molar-refractivity contribution in [1.82, 2.24) is 0 Å². The number of rotatable bonds is 6. The molecule has 1 N–H and O–H groups in total. The average molecular weight is 549 g/mol. The summed E-state index contributed by atoms with van der Waals surface area (Å²) < 4.78 is 10.8. The molecule has 0 aliphatic carbocycles. The molecule has 8 heteroatoms. The molecule has 1 aliphatic rings. The molecule has 4 rings (SSSR count). The van der Waals surface area contributed by atoms with Gasteiger partial charge in [0.25, 0.3) is 11.7 Å². The summed E-state index contributed by atoms with van der Waals surface area (Å²) in [7, 11) is 6.74. The van der Waals surface area contributed by atoms with Crippen LogP contribution in [0, 0.1) is 0 Å². The van der Waals surface area contributed by atoms with Crippen LogP contribution < -0.4 is 19.3 Å². The number of nitrogens with zero attached hydrogens (tertiary/aromatic N) is 2. The third-order valence-electron chi connectivity index (χ3n) is 6.91. The maximum absolute atomic E-state index is 13.6. The zero-order valence-corrected chi connectivity index (χ0v) is 24.0. The van der Waals surface area contributed by atoms with Crippen molar-refractivity contribution in [3.8, 4) is 11.5 Å². The van der Waals surface area contributed by atoms with Crippen LogP contribution in [0.4, 0.5) is 11.4 Å². The Kier molecular flexibility index (Phi) is 7.66. The number of aliphatic hydroxyl groups excluding tert-OH is 1. The second kappa shape index (κ2) is 10.7. The lowest BCUT2D eigenvalue weighted by atomic mass is 9.87.